The van der Waals surface area contributed by atoms with E-state index in [1.54, 1.807) is 19.5 Å². The number of nitrogens with zero attached hydrogens (tertiary/aromatic N) is 4. The zero-order chi connectivity index (χ0) is 19.0. The van der Waals surface area contributed by atoms with Crippen molar-refractivity contribution in [1.82, 2.24) is 14.4 Å². The van der Waals surface area contributed by atoms with E-state index >= 15 is 0 Å². The molecule has 27 heavy (non-hydrogen) atoms. The summed E-state index contributed by atoms with van der Waals surface area (Å²) < 4.78 is 31.4. The van der Waals surface area contributed by atoms with Crippen molar-refractivity contribution in [3.05, 3.63) is 66.0 Å². The van der Waals surface area contributed by atoms with E-state index in [1.807, 2.05) is 42.5 Å². The number of methoxy groups -OCH3 is 1. The van der Waals surface area contributed by atoms with E-state index in [2.05, 4.69) is 15.1 Å². The summed E-state index contributed by atoms with van der Waals surface area (Å²) in [5.74, 6) is 0.630. The topological polar surface area (TPSA) is 84.8 Å². The monoisotopic (exact) mass is 382 g/mol. The molecule has 7 nitrogen and oxygen atoms in total. The van der Waals surface area contributed by atoms with Gasteiger partial charge >= 0.3 is 0 Å². The van der Waals surface area contributed by atoms with Gasteiger partial charge in [-0.15, -0.1) is 0 Å². The predicted molar refractivity (Wildman–Crippen MR) is 103 cm³/mol. The minimum Gasteiger partial charge on any atom is -0.496 e. The highest BCUT2D eigenvalue weighted by Gasteiger charge is 2.36. The molecule has 0 saturated carbocycles. The lowest BCUT2D eigenvalue weighted by Crippen LogP contribution is -2.26. The third kappa shape index (κ3) is 3.12. The second-order valence-corrected chi connectivity index (χ2v) is 8.11. The lowest BCUT2D eigenvalue weighted by atomic mass is 9.97. The summed E-state index contributed by atoms with van der Waals surface area (Å²) in [5.41, 5.74) is 3.65. The highest BCUT2D eigenvalue weighted by atomic mass is 32.2. The first-order valence-corrected chi connectivity index (χ1v) is 10.2. The van der Waals surface area contributed by atoms with Gasteiger partial charge in [0.2, 0.25) is 10.0 Å². The second-order valence-electron chi connectivity index (χ2n) is 6.27. The number of aromatic nitrogens is 2. The Labute approximate surface area is 157 Å². The molecule has 0 saturated heterocycles. The molecule has 0 spiro atoms. The summed E-state index contributed by atoms with van der Waals surface area (Å²) in [4.78, 5) is 8.72. The summed E-state index contributed by atoms with van der Waals surface area (Å²) in [7, 11) is -1.99. The fourth-order valence-corrected chi connectivity index (χ4v) is 4.25. The van der Waals surface area contributed by atoms with Crippen LogP contribution in [0.4, 0.5) is 0 Å². The van der Waals surface area contributed by atoms with Crippen LogP contribution < -0.4 is 4.74 Å². The number of rotatable bonds is 4. The molecule has 0 aliphatic carbocycles. The first kappa shape index (κ1) is 17.4. The van der Waals surface area contributed by atoms with E-state index in [4.69, 9.17) is 4.74 Å². The van der Waals surface area contributed by atoms with E-state index < -0.39 is 16.1 Å². The van der Waals surface area contributed by atoms with Gasteiger partial charge in [-0.3, -0.25) is 9.97 Å². The Morgan fingerprint density at radius 3 is 2.63 bits per heavy atom. The van der Waals surface area contributed by atoms with Gasteiger partial charge < -0.3 is 4.74 Å². The molecule has 0 bridgehead atoms. The molecule has 2 heterocycles. The van der Waals surface area contributed by atoms with Crippen LogP contribution in [0.2, 0.25) is 0 Å². The highest BCUT2D eigenvalue weighted by Crippen LogP contribution is 2.39. The normalized spacial score (nSPS) is 17.2. The van der Waals surface area contributed by atoms with Gasteiger partial charge in [0.25, 0.3) is 0 Å². The summed E-state index contributed by atoms with van der Waals surface area (Å²) in [6.45, 7) is 0. The van der Waals surface area contributed by atoms with E-state index in [-0.39, 0.29) is 0 Å². The van der Waals surface area contributed by atoms with Crippen molar-refractivity contribution in [2.75, 3.05) is 13.4 Å². The summed E-state index contributed by atoms with van der Waals surface area (Å²) in [5, 5.41) is 4.45. The largest absolute Gasteiger partial charge is 0.496 e. The van der Waals surface area contributed by atoms with Crippen molar-refractivity contribution in [3.63, 3.8) is 0 Å². The van der Waals surface area contributed by atoms with Gasteiger partial charge in [-0.1, -0.05) is 30.3 Å². The standard InChI is InChI=1S/C19H18N4O3S/c1-26-18-9-4-3-6-14(18)17-12-16(22-23(17)27(2,24)25)13-7-5-8-15-19(13)21-11-10-20-15/h3-11,17H,12H2,1-2H3. The first-order valence-electron chi connectivity index (χ1n) is 8.39. The van der Waals surface area contributed by atoms with Crippen LogP contribution in [0.3, 0.4) is 0 Å². The summed E-state index contributed by atoms with van der Waals surface area (Å²) in [6, 6.07) is 12.5. The summed E-state index contributed by atoms with van der Waals surface area (Å²) in [6.07, 6.45) is 4.82. The van der Waals surface area contributed by atoms with Crippen LogP contribution in [0, 0.1) is 0 Å². The van der Waals surface area contributed by atoms with Gasteiger partial charge in [0.1, 0.15) is 5.75 Å². The molecular formula is C19H18N4O3S. The van der Waals surface area contributed by atoms with Crippen LogP contribution in [0.15, 0.2) is 60.0 Å². The van der Waals surface area contributed by atoms with Gasteiger partial charge in [0.05, 0.1) is 36.2 Å². The second kappa shape index (κ2) is 6.62. The SMILES string of the molecule is COc1ccccc1C1CC(c2cccc3nccnc23)=NN1S(C)(=O)=O. The minimum absolute atomic E-state index is 0.420. The number of ether oxygens (including phenoxy) is 1. The number of benzene rings is 2. The maximum atomic E-state index is 12.4. The molecule has 1 aliphatic rings. The molecule has 0 fully saturated rings. The van der Waals surface area contributed by atoms with Crippen LogP contribution >= 0.6 is 0 Å². The van der Waals surface area contributed by atoms with E-state index in [9.17, 15) is 8.42 Å². The third-order valence-corrected chi connectivity index (χ3v) is 5.54. The van der Waals surface area contributed by atoms with Crippen molar-refractivity contribution < 1.29 is 13.2 Å². The Morgan fingerprint density at radius 1 is 1.07 bits per heavy atom. The number of fused-ring (bicyclic) bond motifs is 1. The maximum absolute atomic E-state index is 12.4. The van der Waals surface area contributed by atoms with Gasteiger partial charge in [-0.25, -0.2) is 8.42 Å². The van der Waals surface area contributed by atoms with Gasteiger partial charge in [0, 0.05) is 29.9 Å². The Kier molecular flexibility index (Phi) is 4.27. The van der Waals surface area contributed by atoms with Gasteiger partial charge in [-0.2, -0.15) is 9.52 Å². The van der Waals surface area contributed by atoms with Crippen LogP contribution in [-0.2, 0) is 10.0 Å². The van der Waals surface area contributed by atoms with Crippen LogP contribution in [0.1, 0.15) is 23.6 Å². The molecule has 1 atom stereocenters. The lowest BCUT2D eigenvalue weighted by Gasteiger charge is -2.23. The smallest absolute Gasteiger partial charge is 0.247 e. The molecule has 1 aromatic heterocycles. The van der Waals surface area contributed by atoms with Crippen LogP contribution in [0.25, 0.3) is 11.0 Å². The van der Waals surface area contributed by atoms with Crippen molar-refractivity contribution in [3.8, 4) is 5.75 Å². The van der Waals surface area contributed by atoms with Crippen LogP contribution in [0.5, 0.6) is 5.75 Å². The molecule has 1 aliphatic heterocycles. The van der Waals surface area contributed by atoms with Gasteiger partial charge in [0.15, 0.2) is 0 Å². The molecule has 0 N–H and O–H groups in total. The fourth-order valence-electron chi connectivity index (χ4n) is 3.36. The highest BCUT2D eigenvalue weighted by molar-refractivity contribution is 7.88. The van der Waals surface area contributed by atoms with Crippen molar-refractivity contribution >= 4 is 26.8 Å². The molecule has 0 amide bonds. The lowest BCUT2D eigenvalue weighted by molar-refractivity contribution is 0.352. The van der Waals surface area contributed by atoms with Crippen molar-refractivity contribution in [1.29, 1.82) is 0 Å². The van der Waals surface area contributed by atoms with E-state index in [0.29, 0.717) is 23.4 Å². The van der Waals surface area contributed by atoms with Crippen LogP contribution in [-0.4, -0.2) is 41.9 Å². The molecule has 1 unspecified atom stereocenters. The average molecular weight is 382 g/mol. The van der Waals surface area contributed by atoms with Gasteiger partial charge in [-0.05, 0) is 12.1 Å². The maximum Gasteiger partial charge on any atom is 0.247 e. The Bertz CT molecular complexity index is 1140. The van der Waals surface area contributed by atoms with E-state index in [1.165, 1.54) is 0 Å². The van der Waals surface area contributed by atoms with Crippen molar-refractivity contribution in [2.24, 2.45) is 5.10 Å². The van der Waals surface area contributed by atoms with E-state index in [0.717, 1.165) is 27.3 Å². The van der Waals surface area contributed by atoms with Crippen molar-refractivity contribution in [2.45, 2.75) is 12.5 Å². The Morgan fingerprint density at radius 2 is 1.85 bits per heavy atom. The molecule has 138 valence electrons. The first-order chi connectivity index (χ1) is 13.0. The number of hydrogen-bond donors (Lipinski definition) is 0. The molecule has 4 rings (SSSR count). The number of sulfonamides is 1. The Balaban J connectivity index is 1.84. The fraction of sp³-hybridized carbons (Fsp3) is 0.211. The molecule has 3 aromatic rings. The Hall–Kier alpha value is -3.00. The predicted octanol–water partition coefficient (Wildman–Crippen LogP) is 2.75. The quantitative estimate of drug-likeness (QED) is 0.693. The zero-order valence-electron chi connectivity index (χ0n) is 14.9. The number of para-hydroxylation sites is 2. The molecular weight excluding hydrogens is 364 g/mol. The zero-order valence-corrected chi connectivity index (χ0v) is 15.7. The molecule has 2 aromatic carbocycles. The summed E-state index contributed by atoms with van der Waals surface area (Å²) >= 11 is 0. The molecule has 8 heteroatoms. The minimum atomic E-state index is -3.56. The average Bonchev–Trinajstić information content (AvgIpc) is 3.13. The number of hydrogen-bond acceptors (Lipinski definition) is 6. The third-order valence-electron chi connectivity index (χ3n) is 4.52. The molecule has 0 radical (unpaired) electrons. The number of hydrazone groups is 1.